The fourth-order valence-corrected chi connectivity index (χ4v) is 0.269. The minimum absolute atomic E-state index is 0. The molecule has 1 N–H and O–H groups in total. The van der Waals surface area contributed by atoms with Crippen molar-refractivity contribution in [2.24, 2.45) is 0 Å². The highest BCUT2D eigenvalue weighted by Gasteiger charge is 2.36. The van der Waals surface area contributed by atoms with E-state index >= 15 is 0 Å². The van der Waals surface area contributed by atoms with Crippen LogP contribution < -0.4 is 12.4 Å². The zero-order chi connectivity index (χ0) is 7.49. The summed E-state index contributed by atoms with van der Waals surface area (Å²) in [7, 11) is 0. The van der Waals surface area contributed by atoms with Crippen molar-refractivity contribution in [2.45, 2.75) is 12.3 Å². The molecule has 0 fully saturated rings. The predicted molar refractivity (Wildman–Crippen MR) is 27.4 cm³/mol. The summed E-state index contributed by atoms with van der Waals surface area (Å²) in [5, 5.41) is 7.77. The van der Waals surface area contributed by atoms with Crippen LogP contribution in [0.25, 0.3) is 0 Å². The second-order valence-corrected chi connectivity index (χ2v) is 1.50. The summed E-state index contributed by atoms with van der Waals surface area (Å²) in [5.74, 6) is -5.76. The first kappa shape index (κ1) is 12.1. The lowest BCUT2D eigenvalue weighted by atomic mass is 10.2. The molecule has 10 heavy (non-hydrogen) atoms. The Morgan fingerprint density at radius 1 is 1.70 bits per heavy atom. The smallest absolute Gasteiger partial charge is 0.374 e. The first-order valence-corrected chi connectivity index (χ1v) is 2.23. The van der Waals surface area contributed by atoms with E-state index in [4.69, 9.17) is 5.11 Å². The number of carbonyl (C=O) groups is 1. The van der Waals surface area contributed by atoms with Crippen molar-refractivity contribution in [3.8, 4) is 0 Å². The number of rotatable bonds is 3. The number of aliphatic carboxylic acids is 1. The minimum atomic E-state index is -3.65. The van der Waals surface area contributed by atoms with E-state index in [1.54, 1.807) is 0 Å². The molecule has 0 aliphatic rings. The van der Waals surface area contributed by atoms with Crippen LogP contribution in [-0.2, 0) is 4.79 Å². The average Bonchev–Trinajstić information content (AvgIpc) is 1.65. The number of hydrogen-bond acceptors (Lipinski definition) is 1. The maximum atomic E-state index is 11.9. The summed E-state index contributed by atoms with van der Waals surface area (Å²) in [6.45, 7) is 2.98. The van der Waals surface area contributed by atoms with Crippen LogP contribution in [-0.4, -0.2) is 17.0 Å². The second-order valence-electron chi connectivity index (χ2n) is 1.50. The van der Waals surface area contributed by atoms with Crippen LogP contribution in [0.4, 0.5) is 8.78 Å². The summed E-state index contributed by atoms with van der Waals surface area (Å²) in [5.41, 5.74) is 0. The summed E-state index contributed by atoms with van der Waals surface area (Å²) in [4.78, 5) is 9.61. The quantitative estimate of drug-likeness (QED) is 0.514. The first-order chi connectivity index (χ1) is 4.00. The van der Waals surface area contributed by atoms with Gasteiger partial charge in [-0.15, -0.1) is 6.58 Å². The zero-order valence-electron chi connectivity index (χ0n) is 4.98. The number of carboxylic acids is 1. The number of hydrogen-bond donors (Lipinski definition) is 1. The Bertz CT molecular complexity index is 136. The lowest BCUT2D eigenvalue weighted by Gasteiger charge is -2.05. The number of alkyl halides is 2. The van der Waals surface area contributed by atoms with Crippen LogP contribution in [0.1, 0.15) is 6.42 Å². The zero-order valence-corrected chi connectivity index (χ0v) is 5.74. The molecular weight excluding hydrogens is 166 g/mol. The van der Waals surface area contributed by atoms with Crippen molar-refractivity contribution < 1.29 is 31.1 Å². The van der Waals surface area contributed by atoms with Gasteiger partial charge in [0, 0.05) is 6.42 Å². The van der Waals surface area contributed by atoms with E-state index in [-0.39, 0.29) is 12.4 Å². The molecule has 0 bridgehead atoms. The van der Waals surface area contributed by atoms with Gasteiger partial charge >= 0.3 is 11.9 Å². The highest BCUT2D eigenvalue weighted by molar-refractivity contribution is 5.75. The number of halogens is 3. The number of allylic oxidation sites excluding steroid dienone is 1. The molecule has 0 radical (unpaired) electrons. The van der Waals surface area contributed by atoms with Crippen LogP contribution in [0.5, 0.6) is 0 Å². The molecule has 0 aliphatic heterocycles. The Morgan fingerprint density at radius 3 is 2.20 bits per heavy atom. The maximum Gasteiger partial charge on any atom is 0.374 e. The minimum Gasteiger partial charge on any atom is -1.00 e. The van der Waals surface area contributed by atoms with Gasteiger partial charge in [-0.1, -0.05) is 6.08 Å². The molecule has 0 spiro atoms. The van der Waals surface area contributed by atoms with E-state index in [0.717, 1.165) is 6.08 Å². The van der Waals surface area contributed by atoms with E-state index in [0.29, 0.717) is 0 Å². The molecule has 0 aliphatic carbocycles. The molecule has 0 aromatic carbocycles. The van der Waals surface area contributed by atoms with Crippen molar-refractivity contribution in [3.05, 3.63) is 12.7 Å². The molecule has 0 heterocycles. The third kappa shape index (κ3) is 3.40. The monoisotopic (exact) mass is 171 g/mol. The van der Waals surface area contributed by atoms with E-state index < -0.39 is 18.3 Å². The molecule has 0 saturated heterocycles. The van der Waals surface area contributed by atoms with E-state index in [2.05, 4.69) is 6.58 Å². The summed E-state index contributed by atoms with van der Waals surface area (Å²) >= 11 is 0. The predicted octanol–water partition coefficient (Wildman–Crippen LogP) is -1.71. The van der Waals surface area contributed by atoms with Crippen molar-refractivity contribution >= 4 is 5.97 Å². The van der Waals surface area contributed by atoms with Gasteiger partial charge in [-0.2, -0.15) is 8.78 Å². The van der Waals surface area contributed by atoms with Gasteiger partial charge in [0.05, 0.1) is 0 Å². The SMILES string of the molecule is C=CCC(F)(F)C(=O)O.[Cl-]. The largest absolute Gasteiger partial charge is 1.00 e. The summed E-state index contributed by atoms with van der Waals surface area (Å²) < 4.78 is 23.8. The fourth-order valence-electron chi connectivity index (χ4n) is 0.269. The fraction of sp³-hybridized carbons (Fsp3) is 0.400. The van der Waals surface area contributed by atoms with Crippen LogP contribution in [0.2, 0.25) is 0 Å². The maximum absolute atomic E-state index is 11.9. The molecule has 2 nitrogen and oxygen atoms in total. The van der Waals surface area contributed by atoms with Gasteiger partial charge in [0.25, 0.3) is 0 Å². The third-order valence-corrected chi connectivity index (χ3v) is 0.714. The van der Waals surface area contributed by atoms with Gasteiger partial charge < -0.3 is 17.5 Å². The van der Waals surface area contributed by atoms with Crippen molar-refractivity contribution in [3.63, 3.8) is 0 Å². The third-order valence-electron chi connectivity index (χ3n) is 0.714. The molecule has 0 atom stereocenters. The molecule has 0 unspecified atom stereocenters. The molecule has 60 valence electrons. The van der Waals surface area contributed by atoms with Crippen LogP contribution in [0.15, 0.2) is 12.7 Å². The normalized spacial score (nSPS) is 9.80. The highest BCUT2D eigenvalue weighted by atomic mass is 35.5. The van der Waals surface area contributed by atoms with E-state index in [1.165, 1.54) is 0 Å². The van der Waals surface area contributed by atoms with E-state index in [9.17, 15) is 13.6 Å². The standard InChI is InChI=1S/C5H6F2O2.ClH/c1-2-3-5(6,7)4(8)9;/h2H,1,3H2,(H,8,9);1H/p-1. The topological polar surface area (TPSA) is 37.3 Å². The highest BCUT2D eigenvalue weighted by Crippen LogP contribution is 2.17. The molecule has 0 aromatic rings. The van der Waals surface area contributed by atoms with Gasteiger partial charge in [0.2, 0.25) is 0 Å². The molecule has 5 heteroatoms. The average molecular weight is 172 g/mol. The molecule has 0 rings (SSSR count). The molecular formula is C5H6ClF2O2-. The first-order valence-electron chi connectivity index (χ1n) is 2.23. The lowest BCUT2D eigenvalue weighted by molar-refractivity contribution is -0.164. The Kier molecular flexibility index (Phi) is 5.10. The Balaban J connectivity index is 0. The van der Waals surface area contributed by atoms with Gasteiger partial charge in [-0.05, 0) is 0 Å². The second kappa shape index (κ2) is 4.22. The molecule has 0 aromatic heterocycles. The Labute approximate surface area is 62.9 Å². The molecule has 0 amide bonds. The van der Waals surface area contributed by atoms with Crippen LogP contribution in [0.3, 0.4) is 0 Å². The summed E-state index contributed by atoms with van der Waals surface area (Å²) in [6.07, 6.45) is 0.0520. The Hall–Kier alpha value is -0.640. The summed E-state index contributed by atoms with van der Waals surface area (Å²) in [6, 6.07) is 0. The van der Waals surface area contributed by atoms with Gasteiger partial charge in [-0.25, -0.2) is 4.79 Å². The van der Waals surface area contributed by atoms with Crippen molar-refractivity contribution in [1.82, 2.24) is 0 Å². The van der Waals surface area contributed by atoms with Crippen molar-refractivity contribution in [1.29, 1.82) is 0 Å². The van der Waals surface area contributed by atoms with Gasteiger partial charge in [0.15, 0.2) is 0 Å². The molecule has 0 saturated carbocycles. The van der Waals surface area contributed by atoms with Gasteiger partial charge in [-0.3, -0.25) is 0 Å². The lowest BCUT2D eigenvalue weighted by Crippen LogP contribution is -3.00. The van der Waals surface area contributed by atoms with E-state index in [1.807, 2.05) is 0 Å². The van der Waals surface area contributed by atoms with Crippen molar-refractivity contribution in [2.75, 3.05) is 0 Å². The van der Waals surface area contributed by atoms with Gasteiger partial charge in [0.1, 0.15) is 0 Å². The van der Waals surface area contributed by atoms with Crippen LogP contribution >= 0.6 is 0 Å². The van der Waals surface area contributed by atoms with Crippen LogP contribution in [0, 0.1) is 0 Å². The number of carboxylic acid groups (broad SMARTS) is 1. The Morgan fingerprint density at radius 2 is 2.10 bits per heavy atom.